The van der Waals surface area contributed by atoms with E-state index in [0.717, 1.165) is 36.3 Å². The van der Waals surface area contributed by atoms with E-state index in [9.17, 15) is 14.4 Å². The van der Waals surface area contributed by atoms with Crippen molar-refractivity contribution in [3.63, 3.8) is 0 Å². The Bertz CT molecular complexity index is 1320. The highest BCUT2D eigenvalue weighted by Crippen LogP contribution is 2.51. The lowest BCUT2D eigenvalue weighted by Gasteiger charge is -2.39. The number of likely N-dealkylation sites (tertiary alicyclic amines) is 1. The van der Waals surface area contributed by atoms with Crippen molar-refractivity contribution in [3.8, 4) is 11.5 Å². The van der Waals surface area contributed by atoms with Crippen LogP contribution in [0, 0.1) is 25.7 Å². The van der Waals surface area contributed by atoms with E-state index in [4.69, 9.17) is 21.1 Å². The van der Waals surface area contributed by atoms with Crippen LogP contribution in [0.25, 0.3) is 0 Å². The van der Waals surface area contributed by atoms with Gasteiger partial charge in [-0.05, 0) is 57.9 Å². The fourth-order valence-corrected chi connectivity index (χ4v) is 6.20. The van der Waals surface area contributed by atoms with Crippen molar-refractivity contribution >= 4 is 35.2 Å². The monoisotopic (exact) mass is 545 g/mol. The topological polar surface area (TPSA) is 101 Å². The van der Waals surface area contributed by atoms with Crippen LogP contribution >= 0.6 is 23.4 Å². The summed E-state index contributed by atoms with van der Waals surface area (Å²) in [6.45, 7) is 7.00. The molecule has 1 saturated carbocycles. The number of aromatic amines is 1. The number of rotatable bonds is 6. The molecule has 2 aromatic rings. The van der Waals surface area contributed by atoms with Crippen LogP contribution < -0.4 is 20.3 Å². The van der Waals surface area contributed by atoms with Gasteiger partial charge in [0, 0.05) is 65.7 Å². The smallest absolute Gasteiger partial charge is 0.254 e. The molecule has 1 aromatic heterocycles. The second kappa shape index (κ2) is 9.91. The zero-order valence-electron chi connectivity index (χ0n) is 21.5. The van der Waals surface area contributed by atoms with Crippen LogP contribution in [0.1, 0.15) is 59.8 Å². The minimum Gasteiger partial charge on any atom is -0.448 e. The van der Waals surface area contributed by atoms with Crippen LogP contribution in [-0.2, 0) is 11.3 Å². The number of thioether (sulfide) groups is 1. The number of hydrogen-bond acceptors (Lipinski definition) is 6. The molecular formula is C27H32ClN3O5S. The highest BCUT2D eigenvalue weighted by Gasteiger charge is 2.48. The number of carbonyl (C=O) groups excluding carboxylic acids is 2. The van der Waals surface area contributed by atoms with Gasteiger partial charge < -0.3 is 24.7 Å². The first-order valence-electron chi connectivity index (χ1n) is 12.7. The van der Waals surface area contributed by atoms with Gasteiger partial charge in [-0.1, -0.05) is 11.6 Å². The van der Waals surface area contributed by atoms with Crippen molar-refractivity contribution in [1.82, 2.24) is 15.2 Å². The number of pyridine rings is 1. The van der Waals surface area contributed by atoms with Gasteiger partial charge in [-0.15, -0.1) is 11.8 Å². The Labute approximate surface area is 225 Å². The van der Waals surface area contributed by atoms with Gasteiger partial charge in [-0.3, -0.25) is 14.4 Å². The molecule has 1 atom stereocenters. The average Bonchev–Trinajstić information content (AvgIpc) is 3.66. The summed E-state index contributed by atoms with van der Waals surface area (Å²) < 4.78 is 12.7. The van der Waals surface area contributed by atoms with Crippen molar-refractivity contribution in [1.29, 1.82) is 0 Å². The molecule has 10 heteroatoms. The predicted molar refractivity (Wildman–Crippen MR) is 143 cm³/mol. The van der Waals surface area contributed by atoms with Gasteiger partial charge in [-0.25, -0.2) is 0 Å². The Balaban J connectivity index is 1.30. The largest absolute Gasteiger partial charge is 0.448 e. The molecule has 2 aliphatic heterocycles. The van der Waals surface area contributed by atoms with Crippen LogP contribution in [0.4, 0.5) is 0 Å². The molecule has 8 nitrogen and oxygen atoms in total. The Morgan fingerprint density at radius 3 is 2.49 bits per heavy atom. The molecule has 1 saturated heterocycles. The zero-order valence-corrected chi connectivity index (χ0v) is 23.1. The van der Waals surface area contributed by atoms with E-state index in [2.05, 4.69) is 10.3 Å². The third kappa shape index (κ3) is 4.95. The van der Waals surface area contributed by atoms with Crippen molar-refractivity contribution in [3.05, 3.63) is 49.9 Å². The number of nitrogens with one attached hydrogen (secondary N) is 2. The molecule has 2 amide bonds. The van der Waals surface area contributed by atoms with Gasteiger partial charge in [0.25, 0.3) is 17.3 Å². The van der Waals surface area contributed by atoms with Crippen molar-refractivity contribution in [2.45, 2.75) is 63.7 Å². The van der Waals surface area contributed by atoms with E-state index in [0.29, 0.717) is 46.3 Å². The molecule has 2 N–H and O–H groups in total. The van der Waals surface area contributed by atoms with E-state index in [1.165, 1.54) is 11.8 Å². The molecule has 3 aliphatic rings. The van der Waals surface area contributed by atoms with Gasteiger partial charge in [0.05, 0.1) is 5.02 Å². The quantitative estimate of drug-likeness (QED) is 0.521. The summed E-state index contributed by atoms with van der Waals surface area (Å²) in [5.41, 5.74) is 2.06. The lowest BCUT2D eigenvalue weighted by Crippen LogP contribution is -2.50. The highest BCUT2D eigenvalue weighted by molar-refractivity contribution is 7.98. The molecule has 0 radical (unpaired) electrons. The van der Waals surface area contributed by atoms with Crippen LogP contribution in [-0.4, -0.2) is 46.8 Å². The number of carbonyl (C=O) groups is 2. The molecular weight excluding hydrogens is 514 g/mol. The molecule has 0 spiro atoms. The van der Waals surface area contributed by atoms with E-state index < -0.39 is 5.79 Å². The molecule has 3 heterocycles. The van der Waals surface area contributed by atoms with E-state index in [1.54, 1.807) is 6.07 Å². The van der Waals surface area contributed by atoms with Gasteiger partial charge in [-0.2, -0.15) is 0 Å². The summed E-state index contributed by atoms with van der Waals surface area (Å²) >= 11 is 8.04. The molecule has 198 valence electrons. The summed E-state index contributed by atoms with van der Waals surface area (Å²) in [6.07, 6.45) is 5.46. The Kier molecular flexibility index (Phi) is 6.96. The summed E-state index contributed by atoms with van der Waals surface area (Å²) in [6, 6.07) is 3.48. The Morgan fingerprint density at radius 2 is 1.84 bits per heavy atom. The molecule has 5 rings (SSSR count). The van der Waals surface area contributed by atoms with Crippen molar-refractivity contribution in [2.24, 2.45) is 11.8 Å². The number of halogens is 1. The van der Waals surface area contributed by atoms with Crippen molar-refractivity contribution in [2.75, 3.05) is 19.3 Å². The summed E-state index contributed by atoms with van der Waals surface area (Å²) in [7, 11) is 0. The number of hydrogen-bond donors (Lipinski definition) is 2. The number of aromatic nitrogens is 1. The number of fused-ring (bicyclic) bond motifs is 1. The normalized spacial score (nSPS) is 21.3. The fraction of sp³-hybridized carbons (Fsp3) is 0.519. The van der Waals surface area contributed by atoms with Gasteiger partial charge in [0.2, 0.25) is 5.91 Å². The van der Waals surface area contributed by atoms with Crippen LogP contribution in [0.5, 0.6) is 11.5 Å². The molecule has 37 heavy (non-hydrogen) atoms. The number of amides is 2. The van der Waals surface area contributed by atoms with Gasteiger partial charge in [0.1, 0.15) is 0 Å². The average molecular weight is 546 g/mol. The van der Waals surface area contributed by atoms with Crippen LogP contribution in [0.3, 0.4) is 0 Å². The molecule has 0 unspecified atom stereocenters. The third-order valence-corrected chi connectivity index (χ3v) is 8.73. The first kappa shape index (κ1) is 26.0. The predicted octanol–water partition coefficient (Wildman–Crippen LogP) is 4.43. The number of nitrogens with zero attached hydrogens (tertiary/aromatic N) is 1. The lowest BCUT2D eigenvalue weighted by atomic mass is 9.89. The molecule has 0 bridgehead atoms. The summed E-state index contributed by atoms with van der Waals surface area (Å²) in [5, 5.41) is 3.16. The van der Waals surface area contributed by atoms with E-state index in [-0.39, 0.29) is 35.8 Å². The van der Waals surface area contributed by atoms with Crippen LogP contribution in [0.2, 0.25) is 5.02 Å². The standard InChI is InChI=1S/C27H32ClN3O5S/c1-14-11-21(37-4)19(25(33)30-14)13-29-24(32)18-12-20(28)23-22(15(18)2)35-27(3,36-23)17-7-9-31(10-8-17)26(34)16-5-6-16/h11-12,16-17H,5-10,13H2,1-4H3,(H,29,32)(H,30,33)/t27-/m0/s1. The minimum absolute atomic E-state index is 0.0779. The zero-order chi connectivity index (χ0) is 26.5. The second-order valence-corrected chi connectivity index (χ2v) is 11.5. The third-order valence-electron chi connectivity index (χ3n) is 7.64. The summed E-state index contributed by atoms with van der Waals surface area (Å²) in [4.78, 5) is 43.6. The maximum atomic E-state index is 13.2. The number of benzene rings is 1. The van der Waals surface area contributed by atoms with Gasteiger partial charge >= 0.3 is 0 Å². The van der Waals surface area contributed by atoms with Gasteiger partial charge in [0.15, 0.2) is 11.5 Å². The molecule has 1 aromatic carbocycles. The Morgan fingerprint density at radius 1 is 1.16 bits per heavy atom. The lowest BCUT2D eigenvalue weighted by molar-refractivity contribution is -0.143. The number of aryl methyl sites for hydroxylation is 1. The number of H-pyrrole nitrogens is 1. The maximum Gasteiger partial charge on any atom is 0.254 e. The number of ether oxygens (including phenoxy) is 2. The second-order valence-electron chi connectivity index (χ2n) is 10.3. The minimum atomic E-state index is -0.928. The van der Waals surface area contributed by atoms with Crippen molar-refractivity contribution < 1.29 is 19.1 Å². The fourth-order valence-electron chi connectivity index (χ4n) is 5.26. The summed E-state index contributed by atoms with van der Waals surface area (Å²) in [5.74, 6) is 0.199. The molecule has 1 aliphatic carbocycles. The molecule has 2 fully saturated rings. The number of piperidine rings is 1. The van der Waals surface area contributed by atoms with E-state index >= 15 is 0 Å². The SMILES string of the molecule is CSc1cc(C)[nH]c(=O)c1CNC(=O)c1cc(Cl)c2c(c1C)O[C@](C)(C1CCN(C(=O)C3CC3)CC1)O2. The first-order valence-corrected chi connectivity index (χ1v) is 14.3. The Hall–Kier alpha value is -2.65. The highest BCUT2D eigenvalue weighted by atomic mass is 35.5. The van der Waals surface area contributed by atoms with E-state index in [1.807, 2.05) is 38.0 Å². The first-order chi connectivity index (χ1) is 17.6. The van der Waals surface area contributed by atoms with Crippen LogP contribution in [0.15, 0.2) is 21.8 Å². The maximum absolute atomic E-state index is 13.2.